The molecular weight excluding hydrogens is 461 g/mol. The largest absolute Gasteiger partial charge is 0.445 e. The molecule has 0 spiro atoms. The van der Waals surface area contributed by atoms with Gasteiger partial charge in [-0.1, -0.05) is 60.5 Å². The van der Waals surface area contributed by atoms with E-state index in [9.17, 15) is 9.59 Å². The second-order valence-electron chi connectivity index (χ2n) is 6.41. The van der Waals surface area contributed by atoms with Crippen LogP contribution in [-0.4, -0.2) is 38.1 Å². The molecule has 0 aliphatic carbocycles. The maximum absolute atomic E-state index is 12.6. The number of hydrogen-bond acceptors (Lipinski definition) is 7. The molecule has 0 aliphatic rings. The topological polar surface area (TPSA) is 99.0 Å². The van der Waals surface area contributed by atoms with Crippen LogP contribution in [0.3, 0.4) is 0 Å². The Morgan fingerprint density at radius 1 is 1.16 bits per heavy atom. The first-order valence-corrected chi connectivity index (χ1v) is 10.9. The Balaban J connectivity index is 1.52. The zero-order chi connectivity index (χ0) is 22.2. The van der Waals surface area contributed by atoms with E-state index in [0.717, 1.165) is 10.5 Å². The van der Waals surface area contributed by atoms with Gasteiger partial charge in [-0.25, -0.2) is 4.79 Å². The molecule has 0 fully saturated rings. The molecular formula is C20H19Cl2N5O3S. The Bertz CT molecular complexity index is 1050. The Labute approximate surface area is 193 Å². The van der Waals surface area contributed by atoms with E-state index in [0.29, 0.717) is 21.6 Å². The summed E-state index contributed by atoms with van der Waals surface area (Å²) in [7, 11) is 0. The van der Waals surface area contributed by atoms with E-state index in [1.807, 2.05) is 30.3 Å². The molecule has 11 heteroatoms. The minimum Gasteiger partial charge on any atom is -0.445 e. The number of carbonyl (C=O) groups excluding carboxylic acids is 2. The molecule has 3 aromatic rings. The van der Waals surface area contributed by atoms with Crippen molar-refractivity contribution in [3.8, 4) is 0 Å². The summed E-state index contributed by atoms with van der Waals surface area (Å²) in [5.41, 5.74) is 0.857. The highest BCUT2D eigenvalue weighted by atomic mass is 35.5. The Kier molecular flexibility index (Phi) is 8.27. The van der Waals surface area contributed by atoms with Crippen LogP contribution in [0.15, 0.2) is 58.6 Å². The predicted molar refractivity (Wildman–Crippen MR) is 117 cm³/mol. The second kappa shape index (κ2) is 11.1. The smallest absolute Gasteiger partial charge is 0.408 e. The highest BCUT2D eigenvalue weighted by Crippen LogP contribution is 2.30. The molecule has 8 nitrogen and oxygen atoms in total. The number of nitrogens with one attached hydrogen (secondary N) is 1. The van der Waals surface area contributed by atoms with Gasteiger partial charge in [-0.2, -0.15) is 4.80 Å². The van der Waals surface area contributed by atoms with Crippen molar-refractivity contribution in [2.75, 3.05) is 0 Å². The van der Waals surface area contributed by atoms with E-state index in [-0.39, 0.29) is 18.9 Å². The number of tetrazole rings is 1. The first-order chi connectivity index (χ1) is 14.9. The van der Waals surface area contributed by atoms with Crippen molar-refractivity contribution in [1.29, 1.82) is 0 Å². The van der Waals surface area contributed by atoms with Crippen LogP contribution in [0.5, 0.6) is 0 Å². The molecule has 0 saturated heterocycles. The fraction of sp³-hybridized carbons (Fsp3) is 0.250. The number of alkyl carbamates (subject to hydrolysis) is 1. The highest BCUT2D eigenvalue weighted by Gasteiger charge is 2.21. The highest BCUT2D eigenvalue weighted by molar-refractivity contribution is 7.99. The lowest BCUT2D eigenvalue weighted by Crippen LogP contribution is -2.42. The molecule has 31 heavy (non-hydrogen) atoms. The van der Waals surface area contributed by atoms with E-state index in [2.05, 4.69) is 20.7 Å². The SMILES string of the molecule is CCC(NC(=O)OCc1ccccc1)C(=O)Cn1nnc(Sc2ccc(Cl)c(Cl)c2)n1. The van der Waals surface area contributed by atoms with Gasteiger partial charge in [0.25, 0.3) is 0 Å². The number of halogens is 2. The van der Waals surface area contributed by atoms with Gasteiger partial charge in [-0.15, -0.1) is 10.2 Å². The van der Waals surface area contributed by atoms with Crippen LogP contribution in [0.1, 0.15) is 18.9 Å². The Hall–Kier alpha value is -2.62. The molecule has 1 aromatic heterocycles. The number of hydrogen-bond donors (Lipinski definition) is 1. The summed E-state index contributed by atoms with van der Waals surface area (Å²) in [5, 5.41) is 15.8. The standard InChI is InChI=1S/C20H19Cl2N5O3S/c1-2-17(23-20(29)30-12-13-6-4-3-5-7-13)18(28)11-27-25-19(24-26-27)31-14-8-9-15(21)16(22)10-14/h3-10,17H,2,11-12H2,1H3,(H,23,29). The molecule has 1 amide bonds. The van der Waals surface area contributed by atoms with Gasteiger partial charge in [0.05, 0.1) is 16.1 Å². The molecule has 0 saturated carbocycles. The van der Waals surface area contributed by atoms with Crippen LogP contribution in [0, 0.1) is 0 Å². The van der Waals surface area contributed by atoms with Gasteiger partial charge in [0.2, 0.25) is 5.16 Å². The summed E-state index contributed by atoms with van der Waals surface area (Å²) in [4.78, 5) is 26.6. The minimum atomic E-state index is -0.722. The molecule has 0 aliphatic heterocycles. The van der Waals surface area contributed by atoms with Crippen molar-refractivity contribution in [2.24, 2.45) is 0 Å². The number of Topliss-reactive ketones (excluding diaryl/α,β-unsaturated/α-hetero) is 1. The number of aromatic nitrogens is 4. The van der Waals surface area contributed by atoms with Gasteiger partial charge < -0.3 is 10.1 Å². The minimum absolute atomic E-state index is 0.122. The van der Waals surface area contributed by atoms with Crippen LogP contribution in [0.2, 0.25) is 10.0 Å². The molecule has 0 radical (unpaired) electrons. The number of nitrogens with zero attached hydrogens (tertiary/aromatic N) is 4. The van der Waals surface area contributed by atoms with E-state index >= 15 is 0 Å². The third kappa shape index (κ3) is 6.95. The third-order valence-electron chi connectivity index (χ3n) is 4.13. The number of amides is 1. The van der Waals surface area contributed by atoms with E-state index in [4.69, 9.17) is 27.9 Å². The van der Waals surface area contributed by atoms with Crippen molar-refractivity contribution in [3.63, 3.8) is 0 Å². The molecule has 0 bridgehead atoms. The summed E-state index contributed by atoms with van der Waals surface area (Å²) in [6.07, 6.45) is -0.259. The number of rotatable bonds is 9. The van der Waals surface area contributed by atoms with E-state index in [1.165, 1.54) is 16.6 Å². The second-order valence-corrected chi connectivity index (χ2v) is 8.27. The molecule has 1 unspecified atom stereocenters. The summed E-state index contributed by atoms with van der Waals surface area (Å²) >= 11 is 13.2. The lowest BCUT2D eigenvalue weighted by atomic mass is 10.1. The average molecular weight is 480 g/mol. The Morgan fingerprint density at radius 3 is 2.65 bits per heavy atom. The number of benzene rings is 2. The maximum Gasteiger partial charge on any atom is 0.408 e. The van der Waals surface area contributed by atoms with Gasteiger partial charge >= 0.3 is 6.09 Å². The first kappa shape index (κ1) is 23.1. The van der Waals surface area contributed by atoms with Crippen LogP contribution < -0.4 is 5.32 Å². The fourth-order valence-electron chi connectivity index (χ4n) is 2.55. The number of ether oxygens (including phenoxy) is 1. The van der Waals surface area contributed by atoms with Gasteiger partial charge in [0, 0.05) is 4.90 Å². The summed E-state index contributed by atoms with van der Waals surface area (Å²) in [6, 6.07) is 13.7. The number of carbonyl (C=O) groups is 2. The average Bonchev–Trinajstić information content (AvgIpc) is 3.20. The Morgan fingerprint density at radius 2 is 1.94 bits per heavy atom. The van der Waals surface area contributed by atoms with Crippen molar-refractivity contribution in [2.45, 2.75) is 42.6 Å². The van der Waals surface area contributed by atoms with Gasteiger partial charge in [0.1, 0.15) is 13.2 Å². The fourth-order valence-corrected chi connectivity index (χ4v) is 3.65. The van der Waals surface area contributed by atoms with Crippen molar-refractivity contribution < 1.29 is 14.3 Å². The summed E-state index contributed by atoms with van der Waals surface area (Å²) in [5.74, 6) is -0.261. The predicted octanol–water partition coefficient (Wildman–Crippen LogP) is 4.41. The molecule has 1 heterocycles. The monoisotopic (exact) mass is 479 g/mol. The van der Waals surface area contributed by atoms with Crippen LogP contribution >= 0.6 is 35.0 Å². The van der Waals surface area contributed by atoms with Gasteiger partial charge in [-0.3, -0.25) is 4.79 Å². The maximum atomic E-state index is 12.6. The van der Waals surface area contributed by atoms with Crippen LogP contribution in [0.4, 0.5) is 4.79 Å². The van der Waals surface area contributed by atoms with Crippen molar-refractivity contribution >= 4 is 46.8 Å². The van der Waals surface area contributed by atoms with Crippen LogP contribution in [-0.2, 0) is 22.7 Å². The van der Waals surface area contributed by atoms with E-state index < -0.39 is 12.1 Å². The normalized spacial score (nSPS) is 11.7. The first-order valence-electron chi connectivity index (χ1n) is 9.35. The van der Waals surface area contributed by atoms with E-state index in [1.54, 1.807) is 25.1 Å². The molecule has 1 N–H and O–H groups in total. The van der Waals surface area contributed by atoms with Gasteiger partial charge in [0.15, 0.2) is 5.78 Å². The van der Waals surface area contributed by atoms with Crippen molar-refractivity contribution in [3.05, 3.63) is 64.1 Å². The summed E-state index contributed by atoms with van der Waals surface area (Å²) < 4.78 is 5.17. The third-order valence-corrected chi connectivity index (χ3v) is 5.71. The van der Waals surface area contributed by atoms with Crippen molar-refractivity contribution in [1.82, 2.24) is 25.5 Å². The zero-order valence-corrected chi connectivity index (χ0v) is 18.8. The molecule has 3 rings (SSSR count). The molecule has 162 valence electrons. The lowest BCUT2D eigenvalue weighted by molar-refractivity contribution is -0.122. The quantitative estimate of drug-likeness (QED) is 0.485. The lowest BCUT2D eigenvalue weighted by Gasteiger charge is -2.15. The molecule has 1 atom stereocenters. The van der Waals surface area contributed by atoms with Gasteiger partial charge in [-0.05, 0) is 47.2 Å². The molecule has 2 aromatic carbocycles. The summed E-state index contributed by atoms with van der Waals surface area (Å²) in [6.45, 7) is 1.78. The zero-order valence-electron chi connectivity index (χ0n) is 16.5. The number of ketones is 1. The van der Waals surface area contributed by atoms with Crippen LogP contribution in [0.25, 0.3) is 0 Å².